The lowest BCUT2D eigenvalue weighted by Gasteiger charge is -2.25. The second kappa shape index (κ2) is 7.52. The fourth-order valence-electron chi connectivity index (χ4n) is 3.35. The van der Waals surface area contributed by atoms with E-state index in [0.29, 0.717) is 29.2 Å². The summed E-state index contributed by atoms with van der Waals surface area (Å²) in [5.41, 5.74) is 3.26. The number of halogens is 1. The predicted molar refractivity (Wildman–Crippen MR) is 109 cm³/mol. The Hall–Kier alpha value is -2.05. The number of benzene rings is 2. The zero-order chi connectivity index (χ0) is 19.8. The minimum absolute atomic E-state index is 0.0134. The molecule has 1 amide bonds. The van der Waals surface area contributed by atoms with E-state index in [2.05, 4.69) is 0 Å². The third-order valence-corrected chi connectivity index (χ3v) is 6.44. The SMILES string of the molecule is CC(Cc1ccc(Cl)cc1)N(C)C(=O)c1ccc2c(c1)CCN2S(C)(=O)=O. The monoisotopic (exact) mass is 406 g/mol. The van der Waals surface area contributed by atoms with Crippen molar-refractivity contribution in [2.45, 2.75) is 25.8 Å². The molecule has 1 atom stereocenters. The van der Waals surface area contributed by atoms with E-state index in [1.165, 1.54) is 10.6 Å². The van der Waals surface area contributed by atoms with E-state index in [0.717, 1.165) is 17.5 Å². The Bertz CT molecular complexity index is 958. The number of sulfonamides is 1. The van der Waals surface area contributed by atoms with E-state index >= 15 is 0 Å². The van der Waals surface area contributed by atoms with E-state index in [1.807, 2.05) is 37.3 Å². The minimum Gasteiger partial charge on any atom is -0.339 e. The highest BCUT2D eigenvalue weighted by Crippen LogP contribution is 2.31. The second-order valence-electron chi connectivity index (χ2n) is 7.02. The van der Waals surface area contributed by atoms with Crippen molar-refractivity contribution >= 4 is 33.2 Å². The first-order valence-corrected chi connectivity index (χ1v) is 11.0. The van der Waals surface area contributed by atoms with Gasteiger partial charge < -0.3 is 4.90 Å². The number of hydrogen-bond donors (Lipinski definition) is 0. The summed E-state index contributed by atoms with van der Waals surface area (Å²) >= 11 is 5.92. The van der Waals surface area contributed by atoms with Crippen molar-refractivity contribution < 1.29 is 13.2 Å². The molecule has 1 unspecified atom stereocenters. The van der Waals surface area contributed by atoms with Gasteiger partial charge in [-0.15, -0.1) is 0 Å². The molecule has 0 fully saturated rings. The zero-order valence-electron chi connectivity index (χ0n) is 15.6. The number of nitrogens with zero attached hydrogens (tertiary/aromatic N) is 2. The van der Waals surface area contributed by atoms with Gasteiger partial charge in [0.2, 0.25) is 10.0 Å². The van der Waals surface area contributed by atoms with Crippen molar-refractivity contribution in [1.82, 2.24) is 4.90 Å². The average Bonchev–Trinajstić information content (AvgIpc) is 3.05. The van der Waals surface area contributed by atoms with Gasteiger partial charge in [0, 0.05) is 30.2 Å². The minimum atomic E-state index is -3.29. The fraction of sp³-hybridized carbons (Fsp3) is 0.350. The summed E-state index contributed by atoms with van der Waals surface area (Å²) in [4.78, 5) is 14.6. The van der Waals surface area contributed by atoms with Crippen LogP contribution in [0.2, 0.25) is 5.02 Å². The fourth-order valence-corrected chi connectivity index (χ4v) is 4.44. The van der Waals surface area contributed by atoms with Gasteiger partial charge in [0.1, 0.15) is 0 Å². The van der Waals surface area contributed by atoms with Crippen molar-refractivity contribution in [2.24, 2.45) is 0 Å². The van der Waals surface area contributed by atoms with Crippen LogP contribution < -0.4 is 4.31 Å². The van der Waals surface area contributed by atoms with Crippen molar-refractivity contribution in [2.75, 3.05) is 24.2 Å². The quantitative estimate of drug-likeness (QED) is 0.764. The van der Waals surface area contributed by atoms with Crippen LogP contribution in [-0.4, -0.2) is 45.1 Å². The Balaban J connectivity index is 1.74. The Labute approximate surface area is 165 Å². The van der Waals surface area contributed by atoms with E-state index in [9.17, 15) is 13.2 Å². The van der Waals surface area contributed by atoms with Crippen LogP contribution in [0.3, 0.4) is 0 Å². The molecule has 0 aliphatic carbocycles. The van der Waals surface area contributed by atoms with Gasteiger partial charge in [0.25, 0.3) is 5.91 Å². The summed E-state index contributed by atoms with van der Waals surface area (Å²) in [6, 6.07) is 12.9. The van der Waals surface area contributed by atoms with Crippen molar-refractivity contribution in [3.8, 4) is 0 Å². The molecule has 0 bridgehead atoms. The van der Waals surface area contributed by atoms with Gasteiger partial charge in [-0.2, -0.15) is 0 Å². The first-order valence-electron chi connectivity index (χ1n) is 8.79. The first kappa shape index (κ1) is 19.7. The van der Waals surface area contributed by atoms with Crippen LogP contribution in [0, 0.1) is 0 Å². The number of carbonyl (C=O) groups is 1. The summed E-state index contributed by atoms with van der Waals surface area (Å²) in [6.07, 6.45) is 2.55. The molecule has 0 aromatic heterocycles. The Morgan fingerprint density at radius 3 is 2.52 bits per heavy atom. The maximum absolute atomic E-state index is 12.9. The summed E-state index contributed by atoms with van der Waals surface area (Å²) < 4.78 is 25.1. The predicted octanol–water partition coefficient (Wildman–Crippen LogP) is 3.37. The number of hydrogen-bond acceptors (Lipinski definition) is 3. The number of carbonyl (C=O) groups excluding carboxylic acids is 1. The summed E-state index contributed by atoms with van der Waals surface area (Å²) in [7, 11) is -1.50. The molecule has 0 saturated heterocycles. The van der Waals surface area contributed by atoms with Crippen LogP contribution in [0.25, 0.3) is 0 Å². The molecule has 1 aliphatic rings. The summed E-state index contributed by atoms with van der Waals surface area (Å²) in [6.45, 7) is 2.43. The highest BCUT2D eigenvalue weighted by Gasteiger charge is 2.27. The normalized spacial score (nSPS) is 14.7. The van der Waals surface area contributed by atoms with Crippen LogP contribution in [0.1, 0.15) is 28.4 Å². The molecule has 0 radical (unpaired) electrons. The van der Waals surface area contributed by atoms with Gasteiger partial charge in [-0.3, -0.25) is 9.10 Å². The molecule has 144 valence electrons. The van der Waals surface area contributed by atoms with E-state index < -0.39 is 10.0 Å². The molecule has 7 heteroatoms. The van der Waals surface area contributed by atoms with Gasteiger partial charge >= 0.3 is 0 Å². The molecule has 0 saturated carbocycles. The number of likely N-dealkylation sites (N-methyl/N-ethyl adjacent to an activating group) is 1. The van der Waals surface area contributed by atoms with Crippen molar-refractivity contribution in [1.29, 1.82) is 0 Å². The van der Waals surface area contributed by atoms with Crippen molar-refractivity contribution in [3.05, 3.63) is 64.2 Å². The second-order valence-corrected chi connectivity index (χ2v) is 9.37. The van der Waals surface area contributed by atoms with E-state index in [1.54, 1.807) is 24.1 Å². The zero-order valence-corrected chi connectivity index (χ0v) is 17.2. The lowest BCUT2D eigenvalue weighted by Crippen LogP contribution is -2.36. The lowest BCUT2D eigenvalue weighted by atomic mass is 10.0. The maximum atomic E-state index is 12.9. The van der Waals surface area contributed by atoms with Crippen LogP contribution in [0.5, 0.6) is 0 Å². The third kappa shape index (κ3) is 4.28. The molecule has 2 aromatic carbocycles. The molecule has 5 nitrogen and oxygen atoms in total. The van der Waals surface area contributed by atoms with E-state index in [-0.39, 0.29) is 11.9 Å². The van der Waals surface area contributed by atoms with Gasteiger partial charge in [0.15, 0.2) is 0 Å². The highest BCUT2D eigenvalue weighted by atomic mass is 35.5. The molecule has 0 spiro atoms. The van der Waals surface area contributed by atoms with Crippen LogP contribution >= 0.6 is 11.6 Å². The largest absolute Gasteiger partial charge is 0.339 e. The Morgan fingerprint density at radius 2 is 1.89 bits per heavy atom. The number of amides is 1. The Morgan fingerprint density at radius 1 is 1.22 bits per heavy atom. The number of fused-ring (bicyclic) bond motifs is 1. The molecule has 1 heterocycles. The first-order chi connectivity index (χ1) is 12.7. The molecular weight excluding hydrogens is 384 g/mol. The van der Waals surface area contributed by atoms with Gasteiger partial charge in [-0.1, -0.05) is 23.7 Å². The summed E-state index contributed by atoms with van der Waals surface area (Å²) in [5.74, 6) is -0.0722. The molecule has 3 rings (SSSR count). The lowest BCUT2D eigenvalue weighted by molar-refractivity contribution is 0.0743. The molecule has 1 aliphatic heterocycles. The van der Waals surface area contributed by atoms with Crippen LogP contribution in [0.15, 0.2) is 42.5 Å². The van der Waals surface area contributed by atoms with Crippen LogP contribution in [0.4, 0.5) is 5.69 Å². The van der Waals surface area contributed by atoms with Gasteiger partial charge in [-0.05, 0) is 61.2 Å². The summed E-state index contributed by atoms with van der Waals surface area (Å²) in [5, 5.41) is 0.692. The molecular formula is C20H23ClN2O3S. The smallest absolute Gasteiger partial charge is 0.253 e. The highest BCUT2D eigenvalue weighted by molar-refractivity contribution is 7.92. The average molecular weight is 407 g/mol. The van der Waals surface area contributed by atoms with Gasteiger partial charge in [-0.25, -0.2) is 8.42 Å². The Kier molecular flexibility index (Phi) is 5.49. The number of anilines is 1. The van der Waals surface area contributed by atoms with Crippen molar-refractivity contribution in [3.63, 3.8) is 0 Å². The molecule has 0 N–H and O–H groups in total. The van der Waals surface area contributed by atoms with Gasteiger partial charge in [0.05, 0.1) is 11.9 Å². The number of rotatable bonds is 5. The topological polar surface area (TPSA) is 57.7 Å². The maximum Gasteiger partial charge on any atom is 0.253 e. The van der Waals surface area contributed by atoms with Crippen LogP contribution in [-0.2, 0) is 22.9 Å². The molecule has 2 aromatic rings. The molecule has 27 heavy (non-hydrogen) atoms. The van der Waals surface area contributed by atoms with E-state index in [4.69, 9.17) is 11.6 Å². The third-order valence-electron chi connectivity index (χ3n) is 5.01. The standard InChI is InChI=1S/C20H23ClN2O3S/c1-14(12-15-4-7-18(21)8-5-15)22(2)20(24)17-6-9-19-16(13-17)10-11-23(19)27(3,25)26/h4-9,13-14H,10-12H2,1-3H3.